The highest BCUT2D eigenvalue weighted by Gasteiger charge is 2.31. The van der Waals surface area contributed by atoms with Crippen molar-refractivity contribution in [1.82, 2.24) is 34.4 Å². The van der Waals surface area contributed by atoms with E-state index in [-0.39, 0.29) is 47.2 Å². The highest BCUT2D eigenvalue weighted by Crippen LogP contribution is 2.23. The van der Waals surface area contributed by atoms with E-state index in [4.69, 9.17) is 4.74 Å². The van der Waals surface area contributed by atoms with Gasteiger partial charge in [-0.2, -0.15) is 5.10 Å². The highest BCUT2D eigenvalue weighted by atomic mass is 19.1. The molecule has 3 aliphatic heterocycles. The number of piperazine rings is 1. The van der Waals surface area contributed by atoms with E-state index < -0.39 is 11.7 Å². The maximum Gasteiger partial charge on any atom is 0.272 e. The first-order valence-electron chi connectivity index (χ1n) is 19.8. The predicted octanol–water partition coefficient (Wildman–Crippen LogP) is 3.42. The number of aromatic nitrogens is 3. The molecule has 3 saturated heterocycles. The molecule has 0 spiro atoms. The van der Waals surface area contributed by atoms with Crippen molar-refractivity contribution < 1.29 is 23.5 Å². The van der Waals surface area contributed by atoms with Crippen molar-refractivity contribution in [3.8, 4) is 0 Å². The molecule has 3 amide bonds. The zero-order valence-corrected chi connectivity index (χ0v) is 31.8. The Morgan fingerprint density at radius 2 is 1.32 bits per heavy atom. The molecule has 0 aliphatic carbocycles. The average molecular weight is 776 g/mol. The van der Waals surface area contributed by atoms with E-state index in [2.05, 4.69) is 15.1 Å². The predicted molar refractivity (Wildman–Crippen MR) is 212 cm³/mol. The molecule has 3 fully saturated rings. The maximum atomic E-state index is 15.0. The summed E-state index contributed by atoms with van der Waals surface area (Å²) in [7, 11) is 0. The number of carbonyl (C=O) groups is 3. The minimum Gasteiger partial charge on any atom is -0.375 e. The first-order chi connectivity index (χ1) is 27.7. The number of pyridine rings is 1. The molecule has 0 unspecified atom stereocenters. The summed E-state index contributed by atoms with van der Waals surface area (Å²) in [5.74, 6) is -1.08. The van der Waals surface area contributed by atoms with Gasteiger partial charge in [-0.1, -0.05) is 42.5 Å². The maximum absolute atomic E-state index is 15.0. The minimum absolute atomic E-state index is 0.0123. The van der Waals surface area contributed by atoms with E-state index >= 15 is 0 Å². The van der Waals surface area contributed by atoms with Crippen LogP contribution < -0.4 is 11.1 Å². The van der Waals surface area contributed by atoms with E-state index in [0.29, 0.717) is 79.7 Å². The number of amides is 3. The Morgan fingerprint density at radius 3 is 2.05 bits per heavy atom. The van der Waals surface area contributed by atoms with Gasteiger partial charge in [0.2, 0.25) is 11.8 Å². The van der Waals surface area contributed by atoms with Gasteiger partial charge in [-0.15, -0.1) is 0 Å². The number of ether oxygens (including phenoxy) is 1. The van der Waals surface area contributed by atoms with Crippen LogP contribution in [0.1, 0.15) is 47.3 Å². The number of hydrogen-bond acceptors (Lipinski definition) is 8. The molecule has 3 aliphatic rings. The lowest BCUT2D eigenvalue weighted by molar-refractivity contribution is -0.137. The van der Waals surface area contributed by atoms with Crippen LogP contribution in [-0.2, 0) is 27.3 Å². The van der Waals surface area contributed by atoms with Crippen molar-refractivity contribution in [2.24, 2.45) is 0 Å². The van der Waals surface area contributed by atoms with E-state index in [9.17, 15) is 28.4 Å². The number of benzene rings is 3. The quantitative estimate of drug-likeness (QED) is 0.240. The third-order valence-corrected chi connectivity index (χ3v) is 11.6. The summed E-state index contributed by atoms with van der Waals surface area (Å²) in [6.07, 6.45) is 5.29. The van der Waals surface area contributed by atoms with Gasteiger partial charge in [-0.25, -0.2) is 9.49 Å². The van der Waals surface area contributed by atoms with Gasteiger partial charge < -0.3 is 24.0 Å². The first-order valence-corrected chi connectivity index (χ1v) is 19.8. The van der Waals surface area contributed by atoms with Crippen LogP contribution in [0, 0.1) is 5.82 Å². The normalized spacial score (nSPS) is 17.4. The number of nitrogens with zero attached hydrogens (tertiary/aromatic N) is 6. The summed E-state index contributed by atoms with van der Waals surface area (Å²) in [6, 6.07) is 20.9. The second-order valence-electron chi connectivity index (χ2n) is 15.2. The van der Waals surface area contributed by atoms with Crippen LogP contribution in [0.2, 0.25) is 0 Å². The lowest BCUT2D eigenvalue weighted by Gasteiger charge is -2.38. The summed E-state index contributed by atoms with van der Waals surface area (Å²) in [5.41, 5.74) is 0.844. The molecule has 0 atom stereocenters. The van der Waals surface area contributed by atoms with Crippen molar-refractivity contribution in [2.75, 3.05) is 58.9 Å². The molecule has 13 nitrogen and oxygen atoms in total. The van der Waals surface area contributed by atoms with Crippen LogP contribution in [0.4, 0.5) is 4.39 Å². The molecule has 5 heterocycles. The molecule has 296 valence electrons. The topological polar surface area (TPSA) is 141 Å². The van der Waals surface area contributed by atoms with Gasteiger partial charge in [0.05, 0.1) is 35.4 Å². The lowest BCUT2D eigenvalue weighted by atomic mass is 10.0. The number of halogens is 1. The number of carbonyl (C=O) groups excluding carboxylic acids is 3. The first kappa shape index (κ1) is 38.2. The van der Waals surface area contributed by atoms with Crippen molar-refractivity contribution in [2.45, 2.75) is 50.9 Å². The molecule has 0 saturated carbocycles. The van der Waals surface area contributed by atoms with Crippen molar-refractivity contribution in [1.29, 1.82) is 0 Å². The number of likely N-dealkylation sites (tertiary alicyclic amines) is 2. The third kappa shape index (κ3) is 8.52. The Labute approximate surface area is 328 Å². The molecule has 8 rings (SSSR count). The Hall–Kier alpha value is -5.73. The van der Waals surface area contributed by atoms with Gasteiger partial charge in [0.15, 0.2) is 0 Å². The number of piperidine rings is 2. The summed E-state index contributed by atoms with van der Waals surface area (Å²) >= 11 is 0. The highest BCUT2D eigenvalue weighted by molar-refractivity contribution is 5.95. The molecule has 3 aromatic carbocycles. The summed E-state index contributed by atoms with van der Waals surface area (Å²) in [6.45, 7) is 4.35. The fourth-order valence-corrected chi connectivity index (χ4v) is 8.28. The van der Waals surface area contributed by atoms with Gasteiger partial charge in [0, 0.05) is 75.7 Å². The van der Waals surface area contributed by atoms with Crippen LogP contribution in [0.3, 0.4) is 0 Å². The van der Waals surface area contributed by atoms with E-state index in [1.165, 1.54) is 10.6 Å². The number of fused-ring (bicyclic) bond motifs is 2. The number of rotatable bonds is 9. The van der Waals surface area contributed by atoms with Gasteiger partial charge in [-0.05, 0) is 67.0 Å². The fraction of sp³-hybridized carbons (Fsp3) is 0.395. The summed E-state index contributed by atoms with van der Waals surface area (Å²) in [4.78, 5) is 72.2. The van der Waals surface area contributed by atoms with Crippen LogP contribution in [0.15, 0.2) is 88.6 Å². The Balaban J connectivity index is 0.756. The second kappa shape index (κ2) is 16.8. The zero-order chi connectivity index (χ0) is 39.5. The van der Waals surface area contributed by atoms with Gasteiger partial charge in [0.25, 0.3) is 17.0 Å². The lowest BCUT2D eigenvalue weighted by Crippen LogP contribution is -2.53. The molecule has 2 aromatic heterocycles. The monoisotopic (exact) mass is 775 g/mol. The van der Waals surface area contributed by atoms with Crippen LogP contribution in [0.5, 0.6) is 0 Å². The Kier molecular flexibility index (Phi) is 11.2. The van der Waals surface area contributed by atoms with Crippen LogP contribution in [0.25, 0.3) is 21.5 Å². The SMILES string of the molecule is O=C(CN1CCC(OC2CCN(C(=O)Cn3ccc4ccccc4c3=O)CC2)CC1)N1CCN(C(=O)c2cc(Cc3n[nH]c(=O)c4ccccc34)ccc2F)CC1. The molecule has 5 aromatic rings. The van der Waals surface area contributed by atoms with E-state index in [1.807, 2.05) is 41.3 Å². The summed E-state index contributed by atoms with van der Waals surface area (Å²) < 4.78 is 22.9. The minimum atomic E-state index is -0.610. The van der Waals surface area contributed by atoms with Gasteiger partial charge >= 0.3 is 0 Å². The Bertz CT molecular complexity index is 2410. The van der Waals surface area contributed by atoms with E-state index in [0.717, 1.165) is 44.2 Å². The largest absolute Gasteiger partial charge is 0.375 e. The van der Waals surface area contributed by atoms with Gasteiger partial charge in [0.1, 0.15) is 12.4 Å². The molecule has 1 N–H and O–H groups in total. The molecule has 57 heavy (non-hydrogen) atoms. The van der Waals surface area contributed by atoms with Crippen LogP contribution in [-0.4, -0.2) is 123 Å². The number of nitrogens with one attached hydrogen (secondary N) is 1. The molecular weight excluding hydrogens is 730 g/mol. The molecule has 0 bridgehead atoms. The van der Waals surface area contributed by atoms with E-state index in [1.54, 1.807) is 46.3 Å². The van der Waals surface area contributed by atoms with Gasteiger partial charge in [-0.3, -0.25) is 28.9 Å². The number of hydrogen-bond donors (Lipinski definition) is 1. The zero-order valence-electron chi connectivity index (χ0n) is 31.8. The smallest absolute Gasteiger partial charge is 0.272 e. The molecule has 14 heteroatoms. The van der Waals surface area contributed by atoms with Crippen LogP contribution >= 0.6 is 0 Å². The molecule has 0 radical (unpaired) electrons. The number of aromatic amines is 1. The Morgan fingerprint density at radius 1 is 0.702 bits per heavy atom. The van der Waals surface area contributed by atoms with Crippen molar-refractivity contribution >= 4 is 39.3 Å². The molecular formula is C43H46FN7O6. The average Bonchev–Trinajstić information content (AvgIpc) is 3.24. The number of H-pyrrole nitrogens is 1. The third-order valence-electron chi connectivity index (χ3n) is 11.6. The van der Waals surface area contributed by atoms with Crippen molar-refractivity contribution in [3.63, 3.8) is 0 Å². The summed E-state index contributed by atoms with van der Waals surface area (Å²) in [5, 5.41) is 9.42. The fourth-order valence-electron chi connectivity index (χ4n) is 8.28. The second-order valence-corrected chi connectivity index (χ2v) is 15.2. The standard InChI is InChI=1S/C43H46FN7O6/c44-37-10-9-29(26-38-34-7-3-4-8-35(34)41(54)46-45-38)25-36(37)43(56)50-23-21-49(22-24-50)39(52)27-47-16-12-31(13-17-47)57-32-14-19-48(20-15-32)40(53)28-51-18-11-30-5-1-2-6-33(30)42(51)55/h1-11,18,25,31-32H,12-17,19-24,26-28H2,(H,46,54). The van der Waals surface area contributed by atoms with Crippen molar-refractivity contribution in [3.05, 3.63) is 122 Å².